The summed E-state index contributed by atoms with van der Waals surface area (Å²) in [5.41, 5.74) is 6.57. The number of rotatable bonds is 5. The van der Waals surface area contributed by atoms with Crippen LogP contribution in [0.15, 0.2) is 67.3 Å². The Bertz CT molecular complexity index is 1820. The highest BCUT2D eigenvalue weighted by atomic mass is 16.5. The molecular formula is C29H24N8O2. The van der Waals surface area contributed by atoms with E-state index in [1.165, 1.54) is 6.33 Å². The predicted molar refractivity (Wildman–Crippen MR) is 147 cm³/mol. The average molecular weight is 517 g/mol. The van der Waals surface area contributed by atoms with Gasteiger partial charge >= 0.3 is 0 Å². The van der Waals surface area contributed by atoms with E-state index in [4.69, 9.17) is 9.72 Å². The van der Waals surface area contributed by atoms with E-state index in [-0.39, 0.29) is 5.91 Å². The summed E-state index contributed by atoms with van der Waals surface area (Å²) in [6.07, 6.45) is 7.61. The van der Waals surface area contributed by atoms with Crippen LogP contribution in [0.25, 0.3) is 22.3 Å². The lowest BCUT2D eigenvalue weighted by molar-refractivity contribution is -0.128. The number of fused-ring (bicyclic) bond motifs is 2. The van der Waals surface area contributed by atoms with Crippen molar-refractivity contribution in [2.75, 3.05) is 18.4 Å². The summed E-state index contributed by atoms with van der Waals surface area (Å²) in [6, 6.07) is 15.5. The SMILES string of the molecule is CC(=O)N1CC=C(c2ccc3ncc(C#N)c(Nc4ccc(Oc5ccn6ncnc6c5)c(C)c4)c3n2)CC1. The van der Waals surface area contributed by atoms with Crippen LogP contribution in [0, 0.1) is 18.3 Å². The molecule has 0 unspecified atom stereocenters. The molecule has 5 heterocycles. The number of anilines is 2. The van der Waals surface area contributed by atoms with Gasteiger partial charge in [0.05, 0.1) is 22.5 Å². The molecule has 0 atom stereocenters. The minimum atomic E-state index is 0.0641. The van der Waals surface area contributed by atoms with Gasteiger partial charge in [-0.15, -0.1) is 0 Å². The van der Waals surface area contributed by atoms with Crippen molar-refractivity contribution in [1.29, 1.82) is 5.26 Å². The van der Waals surface area contributed by atoms with E-state index in [0.29, 0.717) is 52.5 Å². The molecule has 1 aliphatic heterocycles. The number of hydrogen-bond acceptors (Lipinski definition) is 8. The van der Waals surface area contributed by atoms with Gasteiger partial charge in [-0.3, -0.25) is 9.78 Å². The summed E-state index contributed by atoms with van der Waals surface area (Å²) in [5, 5.41) is 17.3. The van der Waals surface area contributed by atoms with Crippen molar-refractivity contribution >= 4 is 39.5 Å². The first-order chi connectivity index (χ1) is 19.0. The van der Waals surface area contributed by atoms with E-state index in [1.807, 2.05) is 55.5 Å². The van der Waals surface area contributed by atoms with Crippen molar-refractivity contribution in [3.05, 3.63) is 84.1 Å². The molecule has 0 fully saturated rings. The first kappa shape index (κ1) is 24.1. The van der Waals surface area contributed by atoms with E-state index < -0.39 is 0 Å². The molecule has 0 aliphatic carbocycles. The number of nitrogens with one attached hydrogen (secondary N) is 1. The molecule has 0 saturated carbocycles. The van der Waals surface area contributed by atoms with Gasteiger partial charge in [0.2, 0.25) is 5.91 Å². The largest absolute Gasteiger partial charge is 0.457 e. The second-order valence-electron chi connectivity index (χ2n) is 9.30. The first-order valence-electron chi connectivity index (χ1n) is 12.5. The topological polar surface area (TPSA) is 121 Å². The number of amides is 1. The molecule has 192 valence electrons. The van der Waals surface area contributed by atoms with Crippen molar-refractivity contribution in [2.45, 2.75) is 20.3 Å². The number of pyridine rings is 3. The Kier molecular flexibility index (Phi) is 6.09. The molecule has 4 aromatic heterocycles. The van der Waals surface area contributed by atoms with Crippen LogP contribution < -0.4 is 10.1 Å². The number of aryl methyl sites for hydroxylation is 1. The van der Waals surface area contributed by atoms with Crippen LogP contribution in [0.5, 0.6) is 11.5 Å². The van der Waals surface area contributed by atoms with Gasteiger partial charge in [-0.05, 0) is 60.9 Å². The van der Waals surface area contributed by atoms with Gasteiger partial charge in [0.1, 0.15) is 29.4 Å². The molecule has 1 aliphatic rings. The molecule has 0 spiro atoms. The Morgan fingerprint density at radius 1 is 1.15 bits per heavy atom. The van der Waals surface area contributed by atoms with Crippen molar-refractivity contribution in [2.24, 2.45) is 0 Å². The van der Waals surface area contributed by atoms with Crippen molar-refractivity contribution in [3.63, 3.8) is 0 Å². The fourth-order valence-electron chi connectivity index (χ4n) is 4.62. The quantitative estimate of drug-likeness (QED) is 0.345. The maximum atomic E-state index is 11.7. The monoisotopic (exact) mass is 516 g/mol. The predicted octanol–water partition coefficient (Wildman–Crippen LogP) is 5.02. The number of aromatic nitrogens is 5. The number of nitriles is 1. The van der Waals surface area contributed by atoms with Crippen LogP contribution in [0.4, 0.5) is 11.4 Å². The number of carbonyl (C=O) groups is 1. The van der Waals surface area contributed by atoms with Crippen LogP contribution in [0.2, 0.25) is 0 Å². The summed E-state index contributed by atoms with van der Waals surface area (Å²) >= 11 is 0. The smallest absolute Gasteiger partial charge is 0.219 e. The third kappa shape index (κ3) is 4.73. The second-order valence-corrected chi connectivity index (χ2v) is 9.30. The molecule has 6 rings (SSSR count). The zero-order valence-corrected chi connectivity index (χ0v) is 21.4. The summed E-state index contributed by atoms with van der Waals surface area (Å²) in [7, 11) is 0. The Labute approximate surface area is 224 Å². The summed E-state index contributed by atoms with van der Waals surface area (Å²) in [5.74, 6) is 1.43. The maximum absolute atomic E-state index is 11.7. The van der Waals surface area contributed by atoms with Gasteiger partial charge in [-0.25, -0.2) is 14.5 Å². The van der Waals surface area contributed by atoms with Crippen LogP contribution in [0.3, 0.4) is 0 Å². The zero-order valence-electron chi connectivity index (χ0n) is 21.4. The minimum absolute atomic E-state index is 0.0641. The average Bonchev–Trinajstić information content (AvgIpc) is 3.42. The molecule has 10 nitrogen and oxygen atoms in total. The van der Waals surface area contributed by atoms with Crippen LogP contribution in [-0.4, -0.2) is 48.5 Å². The molecule has 10 heteroatoms. The number of nitrogens with zero attached hydrogens (tertiary/aromatic N) is 7. The molecular weight excluding hydrogens is 492 g/mol. The summed E-state index contributed by atoms with van der Waals surface area (Å²) in [4.78, 5) is 27.0. The molecule has 39 heavy (non-hydrogen) atoms. The number of hydrogen-bond donors (Lipinski definition) is 1. The van der Waals surface area contributed by atoms with E-state index in [2.05, 4.69) is 26.5 Å². The van der Waals surface area contributed by atoms with E-state index in [1.54, 1.807) is 28.7 Å². The lowest BCUT2D eigenvalue weighted by atomic mass is 10.0. The van der Waals surface area contributed by atoms with E-state index in [0.717, 1.165) is 28.9 Å². The zero-order chi connectivity index (χ0) is 26.9. The Morgan fingerprint density at radius 3 is 2.82 bits per heavy atom. The fourth-order valence-corrected chi connectivity index (χ4v) is 4.62. The highest BCUT2D eigenvalue weighted by molar-refractivity contribution is 5.93. The van der Waals surface area contributed by atoms with Gasteiger partial charge in [-0.2, -0.15) is 10.4 Å². The number of benzene rings is 1. The van der Waals surface area contributed by atoms with Gasteiger partial charge < -0.3 is 15.0 Å². The third-order valence-corrected chi connectivity index (χ3v) is 6.74. The molecule has 1 aromatic carbocycles. The Balaban J connectivity index is 1.30. The highest BCUT2D eigenvalue weighted by Crippen LogP contribution is 2.33. The highest BCUT2D eigenvalue weighted by Gasteiger charge is 2.18. The molecule has 0 saturated heterocycles. The summed E-state index contributed by atoms with van der Waals surface area (Å²) in [6.45, 7) is 4.76. The lowest BCUT2D eigenvalue weighted by Gasteiger charge is -2.25. The second kappa shape index (κ2) is 9.87. The normalized spacial score (nSPS) is 13.3. The summed E-state index contributed by atoms with van der Waals surface area (Å²) < 4.78 is 7.77. The van der Waals surface area contributed by atoms with E-state index in [9.17, 15) is 10.1 Å². The van der Waals surface area contributed by atoms with Crippen molar-refractivity contribution in [3.8, 4) is 17.6 Å². The molecule has 1 amide bonds. The fraction of sp³-hybridized carbons (Fsp3) is 0.172. The van der Waals surface area contributed by atoms with Gasteiger partial charge in [-0.1, -0.05) is 6.08 Å². The minimum Gasteiger partial charge on any atom is -0.457 e. The van der Waals surface area contributed by atoms with Gasteiger partial charge in [0.15, 0.2) is 5.65 Å². The molecule has 0 bridgehead atoms. The van der Waals surface area contributed by atoms with E-state index >= 15 is 0 Å². The van der Waals surface area contributed by atoms with Crippen LogP contribution in [-0.2, 0) is 4.79 Å². The van der Waals surface area contributed by atoms with Crippen molar-refractivity contribution in [1.82, 2.24) is 29.5 Å². The molecule has 0 radical (unpaired) electrons. The number of ether oxygens (including phenoxy) is 1. The standard InChI is InChI=1S/C29H24N8O2/c1-18-13-22(3-6-26(18)39-23-9-12-37-27(14-23)32-17-33-37)34-28-21(15-30)16-31-25-5-4-24(35-29(25)28)20-7-10-36(11-8-20)19(2)38/h3-7,9,12-14,16-17H,8,10-11H2,1-2H3,(H,31,34). The molecule has 5 aromatic rings. The van der Waals surface area contributed by atoms with Crippen molar-refractivity contribution < 1.29 is 9.53 Å². The molecule has 1 N–H and O–H groups in total. The Morgan fingerprint density at radius 2 is 2.05 bits per heavy atom. The third-order valence-electron chi connectivity index (χ3n) is 6.74. The lowest BCUT2D eigenvalue weighted by Crippen LogP contribution is -2.32. The Hall–Kier alpha value is -5.30. The van der Waals surface area contributed by atoms with Gasteiger partial charge in [0, 0.05) is 44.2 Å². The first-order valence-corrected chi connectivity index (χ1v) is 12.5. The van der Waals surface area contributed by atoms with Gasteiger partial charge in [0.25, 0.3) is 0 Å². The maximum Gasteiger partial charge on any atom is 0.219 e. The van der Waals surface area contributed by atoms with Crippen LogP contribution in [0.1, 0.15) is 30.2 Å². The van der Waals surface area contributed by atoms with Crippen LogP contribution >= 0.6 is 0 Å². The number of carbonyl (C=O) groups excluding carboxylic acids is 1.